The van der Waals surface area contributed by atoms with Crippen LogP contribution in [0.25, 0.3) is 0 Å². The molecule has 1 aliphatic heterocycles. The highest BCUT2D eigenvalue weighted by Crippen LogP contribution is 2.23. The first-order chi connectivity index (χ1) is 15.0. The van der Waals surface area contributed by atoms with Gasteiger partial charge in [0.05, 0.1) is 17.6 Å². The lowest BCUT2D eigenvalue weighted by Crippen LogP contribution is -2.64. The molecule has 1 heterocycles. The Hall–Kier alpha value is -3.84. The summed E-state index contributed by atoms with van der Waals surface area (Å²) in [7, 11) is 0. The molecule has 0 unspecified atom stereocenters. The van der Waals surface area contributed by atoms with Crippen molar-refractivity contribution in [2.75, 3.05) is 6.61 Å². The van der Waals surface area contributed by atoms with Crippen molar-refractivity contribution in [3.05, 3.63) is 41.7 Å². The molecule has 2 rings (SSSR count). The van der Waals surface area contributed by atoms with Crippen LogP contribution in [0.15, 0.2) is 36.1 Å². The molecule has 0 bridgehead atoms. The SMILES string of the molecule is CC(=O)N[C@H]1[C@H]([C@H](O)[C@H](O)COc2ccc(C(=O)O)cc2)OC(C(=O)O)=C[C@@H]1NC(=N)N. The summed E-state index contributed by atoms with van der Waals surface area (Å²) >= 11 is 0. The van der Waals surface area contributed by atoms with Crippen LogP contribution in [0.1, 0.15) is 17.3 Å². The molecule has 13 heteroatoms. The second kappa shape index (κ2) is 10.5. The summed E-state index contributed by atoms with van der Waals surface area (Å²) in [5, 5.41) is 51.6. The fourth-order valence-electron chi connectivity index (χ4n) is 3.04. The molecule has 174 valence electrons. The van der Waals surface area contributed by atoms with E-state index in [1.807, 2.05) is 0 Å². The summed E-state index contributed by atoms with van der Waals surface area (Å²) in [6.45, 7) is 0.724. The van der Waals surface area contributed by atoms with Gasteiger partial charge in [0.1, 0.15) is 30.7 Å². The topological polar surface area (TPSA) is 225 Å². The van der Waals surface area contributed by atoms with E-state index >= 15 is 0 Å². The second-order valence-electron chi connectivity index (χ2n) is 6.93. The number of benzene rings is 1. The van der Waals surface area contributed by atoms with E-state index in [1.54, 1.807) is 0 Å². The summed E-state index contributed by atoms with van der Waals surface area (Å²) in [6.07, 6.45) is -3.69. The summed E-state index contributed by atoms with van der Waals surface area (Å²) in [6, 6.07) is 3.17. The molecule has 13 nitrogen and oxygen atoms in total. The quantitative estimate of drug-likeness (QED) is 0.154. The number of aliphatic hydroxyl groups is 2. The molecule has 0 radical (unpaired) electrons. The number of rotatable bonds is 9. The Bertz CT molecular complexity index is 903. The van der Waals surface area contributed by atoms with Crippen LogP contribution >= 0.6 is 0 Å². The average Bonchev–Trinajstić information content (AvgIpc) is 2.71. The van der Waals surface area contributed by atoms with Gasteiger partial charge in [-0.25, -0.2) is 9.59 Å². The number of carbonyl (C=O) groups is 3. The lowest BCUT2D eigenvalue weighted by atomic mass is 9.92. The Morgan fingerprint density at radius 3 is 2.28 bits per heavy atom. The van der Waals surface area contributed by atoms with E-state index < -0.39 is 66.6 Å². The maximum atomic E-state index is 11.7. The average molecular weight is 452 g/mol. The van der Waals surface area contributed by atoms with Crippen molar-refractivity contribution in [1.29, 1.82) is 5.41 Å². The van der Waals surface area contributed by atoms with Crippen LogP contribution in [0.3, 0.4) is 0 Å². The lowest BCUT2D eigenvalue weighted by molar-refractivity contribution is -0.145. The number of amides is 1. The molecule has 0 fully saturated rings. The van der Waals surface area contributed by atoms with Crippen molar-refractivity contribution in [2.24, 2.45) is 5.73 Å². The molecule has 0 aliphatic carbocycles. The molecule has 1 aromatic carbocycles. The van der Waals surface area contributed by atoms with Crippen molar-refractivity contribution in [3.8, 4) is 5.75 Å². The molecule has 1 amide bonds. The van der Waals surface area contributed by atoms with Crippen molar-refractivity contribution in [3.63, 3.8) is 0 Å². The number of ether oxygens (including phenoxy) is 2. The second-order valence-corrected chi connectivity index (χ2v) is 6.93. The van der Waals surface area contributed by atoms with E-state index in [0.29, 0.717) is 0 Å². The minimum Gasteiger partial charge on any atom is -0.491 e. The molecule has 9 N–H and O–H groups in total. The predicted molar refractivity (Wildman–Crippen MR) is 108 cm³/mol. The highest BCUT2D eigenvalue weighted by atomic mass is 16.5. The number of hydrogen-bond donors (Lipinski definition) is 8. The third-order valence-corrected chi connectivity index (χ3v) is 4.49. The van der Waals surface area contributed by atoms with Gasteiger partial charge in [-0.15, -0.1) is 0 Å². The number of hydrogen-bond acceptors (Lipinski definition) is 8. The zero-order valence-corrected chi connectivity index (χ0v) is 16.9. The van der Waals surface area contributed by atoms with E-state index in [9.17, 15) is 29.7 Å². The summed E-state index contributed by atoms with van der Waals surface area (Å²) in [5.74, 6) is -4.01. The standard InChI is InChI=1S/C19H24N4O9/c1-8(24)22-14-11(23-19(20)21)6-13(18(29)30)32-16(14)15(26)12(25)7-31-10-4-2-9(3-5-10)17(27)28/h2-6,11-12,14-16,25-26H,7H2,1H3,(H,22,24)(H,27,28)(H,29,30)(H4,20,21,23)/t11-,12+,14+,15+,16+/m0/s1. The lowest BCUT2D eigenvalue weighted by Gasteiger charge is -2.40. The molecule has 5 atom stereocenters. The van der Waals surface area contributed by atoms with Crippen LogP contribution < -0.4 is 21.1 Å². The highest BCUT2D eigenvalue weighted by Gasteiger charge is 2.44. The van der Waals surface area contributed by atoms with Crippen LogP contribution in [0, 0.1) is 5.41 Å². The Balaban J connectivity index is 2.18. The first-order valence-corrected chi connectivity index (χ1v) is 9.31. The maximum Gasteiger partial charge on any atom is 0.370 e. The normalized spacial score (nSPS) is 21.8. The molecule has 0 aromatic heterocycles. The smallest absolute Gasteiger partial charge is 0.370 e. The maximum absolute atomic E-state index is 11.7. The number of guanidine groups is 1. The Labute approximate surface area is 181 Å². The minimum absolute atomic E-state index is 0.0312. The number of carboxylic acids is 2. The number of nitrogens with two attached hydrogens (primary N) is 1. The zero-order chi connectivity index (χ0) is 24.0. The molecule has 0 spiro atoms. The van der Waals surface area contributed by atoms with Gasteiger partial charge >= 0.3 is 11.9 Å². The van der Waals surface area contributed by atoms with Crippen LogP contribution in [-0.2, 0) is 14.3 Å². The van der Waals surface area contributed by atoms with Crippen molar-refractivity contribution >= 4 is 23.8 Å². The van der Waals surface area contributed by atoms with E-state index in [2.05, 4.69) is 10.6 Å². The monoisotopic (exact) mass is 452 g/mol. The molecule has 32 heavy (non-hydrogen) atoms. The third kappa shape index (κ3) is 6.33. The number of aromatic carboxylic acids is 1. The predicted octanol–water partition coefficient (Wildman–Crippen LogP) is -1.79. The van der Waals surface area contributed by atoms with Crippen molar-refractivity contribution in [2.45, 2.75) is 37.3 Å². The molecule has 0 saturated carbocycles. The van der Waals surface area contributed by atoms with Crippen LogP contribution in [0.5, 0.6) is 5.75 Å². The van der Waals surface area contributed by atoms with E-state index in [1.165, 1.54) is 31.2 Å². The van der Waals surface area contributed by atoms with Crippen molar-refractivity contribution in [1.82, 2.24) is 10.6 Å². The Kier molecular flexibility index (Phi) is 7.98. The minimum atomic E-state index is -1.73. The number of carboxylic acid groups (broad SMARTS) is 2. The molecule has 0 saturated heterocycles. The summed E-state index contributed by atoms with van der Waals surface area (Å²) in [4.78, 5) is 34.0. The zero-order valence-electron chi connectivity index (χ0n) is 16.9. The van der Waals surface area contributed by atoms with E-state index in [0.717, 1.165) is 6.08 Å². The van der Waals surface area contributed by atoms with Crippen LogP contribution in [-0.4, -0.2) is 81.2 Å². The van der Waals surface area contributed by atoms with Crippen molar-refractivity contribution < 1.29 is 44.3 Å². The van der Waals surface area contributed by atoms with Crippen LogP contribution in [0.2, 0.25) is 0 Å². The molecule has 1 aliphatic rings. The number of nitrogens with one attached hydrogen (secondary N) is 3. The van der Waals surface area contributed by atoms with Gasteiger partial charge < -0.3 is 46.3 Å². The number of aliphatic carboxylic acids is 1. The molecular weight excluding hydrogens is 428 g/mol. The van der Waals surface area contributed by atoms with Gasteiger partial charge in [-0.3, -0.25) is 10.2 Å². The number of carbonyl (C=O) groups excluding carboxylic acids is 1. The van der Waals surface area contributed by atoms with Gasteiger partial charge in [0.15, 0.2) is 5.96 Å². The van der Waals surface area contributed by atoms with Gasteiger partial charge in [0.25, 0.3) is 0 Å². The molecule has 1 aromatic rings. The first kappa shape index (κ1) is 24.4. The third-order valence-electron chi connectivity index (χ3n) is 4.49. The largest absolute Gasteiger partial charge is 0.491 e. The summed E-state index contributed by atoms with van der Waals surface area (Å²) in [5.41, 5.74) is 5.37. The van der Waals surface area contributed by atoms with E-state index in [-0.39, 0.29) is 11.3 Å². The fourth-order valence-corrected chi connectivity index (χ4v) is 3.04. The molecular formula is C19H24N4O9. The number of aliphatic hydroxyl groups excluding tert-OH is 2. The van der Waals surface area contributed by atoms with Gasteiger partial charge in [-0.05, 0) is 30.3 Å². The Morgan fingerprint density at radius 2 is 1.78 bits per heavy atom. The van der Waals surface area contributed by atoms with Gasteiger partial charge in [-0.2, -0.15) is 0 Å². The van der Waals surface area contributed by atoms with Crippen LogP contribution in [0.4, 0.5) is 0 Å². The summed E-state index contributed by atoms with van der Waals surface area (Å²) < 4.78 is 10.7. The van der Waals surface area contributed by atoms with Gasteiger partial charge in [0.2, 0.25) is 11.7 Å². The van der Waals surface area contributed by atoms with E-state index in [4.69, 9.17) is 25.7 Å². The van der Waals surface area contributed by atoms with Gasteiger partial charge in [0, 0.05) is 6.92 Å². The van der Waals surface area contributed by atoms with Gasteiger partial charge in [-0.1, -0.05) is 0 Å². The highest BCUT2D eigenvalue weighted by molar-refractivity contribution is 5.87. The first-order valence-electron chi connectivity index (χ1n) is 9.31. The fraction of sp³-hybridized carbons (Fsp3) is 0.368. The Morgan fingerprint density at radius 1 is 1.16 bits per heavy atom.